The second-order valence-electron chi connectivity index (χ2n) is 23.1. The summed E-state index contributed by atoms with van der Waals surface area (Å²) in [7, 11) is 0. The minimum atomic E-state index is -1.30. The number of hydrogen-bond donors (Lipinski definition) is 11. The van der Waals surface area contributed by atoms with E-state index in [4.69, 9.17) is 11.5 Å². The SMILES string of the molecule is NCCNC(=O)CNC(=O)CNC(=O)[C@@H]1CCCN1C(=O)[C@H](Cc1ccccc1)NC(=O)[C@@H]1CCCN1C(=O)[C@H](Cc1ccc(O)cc1)NC(=O)CNC(=O)[C@@H]1CCCN1C(=O)[C@H](Cc1ccccc1)NC(=O)[C@@H]1CCCN1C(=O)[C@@H](N)Cc1ccc(O)cc1. The topological polar surface area (TPSA) is 377 Å². The van der Waals surface area contributed by atoms with Gasteiger partial charge in [0, 0.05) is 58.5 Å². The fourth-order valence-corrected chi connectivity index (χ4v) is 12.0. The Hall–Kier alpha value is -9.43. The lowest BCUT2D eigenvalue weighted by molar-refractivity contribution is -0.144. The van der Waals surface area contributed by atoms with Gasteiger partial charge in [0.05, 0.1) is 25.7 Å². The maximum Gasteiger partial charge on any atom is 0.246 e. The van der Waals surface area contributed by atoms with Crippen molar-refractivity contribution in [2.45, 2.75) is 125 Å². The van der Waals surface area contributed by atoms with Crippen molar-refractivity contribution in [2.75, 3.05) is 58.9 Å². The van der Waals surface area contributed by atoms with Crippen LogP contribution in [-0.2, 0) is 78.4 Å². The number of nitrogens with zero attached hydrogens (tertiary/aromatic N) is 4. The number of phenolic OH excluding ortho intramolecular Hbond substituents is 2. The summed E-state index contributed by atoms with van der Waals surface area (Å²) in [6.45, 7) is -0.232. The maximum atomic E-state index is 14.8. The highest BCUT2D eigenvalue weighted by atomic mass is 16.3. The van der Waals surface area contributed by atoms with E-state index < -0.39 is 126 Å². The van der Waals surface area contributed by atoms with Gasteiger partial charge in [-0.05, 0) is 104 Å². The molecule has 26 nitrogen and oxygen atoms in total. The van der Waals surface area contributed by atoms with Crippen LogP contribution in [0, 0.1) is 0 Å². The molecule has 4 aliphatic rings. The predicted molar refractivity (Wildman–Crippen MR) is 328 cm³/mol. The standard InChI is InChI=1S/C64H81N13O13/c65-27-28-67-54(80)37-68-55(81)38-69-57(83)50-15-7-30-75(50)64(90)49(35-41-13-5-2-6-14-41)73-60(86)53-18-10-32-77(53)62(88)47(36-43-21-25-45(79)26-22-43)71-56(82)39-70-58(84)51-16-8-31-76(51)63(89)48(34-40-11-3-1-4-12-40)72-59(85)52-17-9-29-74(52)61(87)46(66)33-42-19-23-44(78)24-20-42/h1-6,11-14,19-26,46-53,78-79H,7-10,15-18,27-39,65-66H2,(H,67,80)(H,68,81)(H,69,83)(H,70,84)(H,71,82)(H,72,85)(H,73,86)/t46-,47-,48-,49-,50-,51-,52-,53-/m0/s1. The van der Waals surface area contributed by atoms with Crippen molar-refractivity contribution in [1.82, 2.24) is 56.8 Å². The van der Waals surface area contributed by atoms with E-state index >= 15 is 0 Å². The summed E-state index contributed by atoms with van der Waals surface area (Å²) in [5.41, 5.74) is 14.5. The number of carbonyl (C=O) groups is 11. The average molecular weight is 1240 g/mol. The number of phenols is 2. The number of nitrogens with two attached hydrogens (primary N) is 2. The molecular weight excluding hydrogens is 1160 g/mol. The van der Waals surface area contributed by atoms with Crippen LogP contribution in [0.5, 0.6) is 11.5 Å². The Balaban J connectivity index is 0.910. The van der Waals surface area contributed by atoms with Crippen molar-refractivity contribution in [3.05, 3.63) is 131 Å². The molecule has 0 radical (unpaired) electrons. The van der Waals surface area contributed by atoms with Gasteiger partial charge in [0.2, 0.25) is 65.0 Å². The van der Waals surface area contributed by atoms with Crippen LogP contribution in [0.1, 0.15) is 73.6 Å². The predicted octanol–water partition coefficient (Wildman–Crippen LogP) is -1.46. The number of likely N-dealkylation sites (tertiary alicyclic amines) is 4. The first-order valence-corrected chi connectivity index (χ1v) is 30.7. The van der Waals surface area contributed by atoms with E-state index in [1.54, 1.807) is 78.9 Å². The molecule has 26 heteroatoms. The van der Waals surface area contributed by atoms with Gasteiger partial charge in [-0.1, -0.05) is 84.9 Å². The third-order valence-corrected chi connectivity index (χ3v) is 16.6. The molecule has 0 aromatic heterocycles. The zero-order chi connectivity index (χ0) is 64.3. The fraction of sp³-hybridized carbons (Fsp3) is 0.453. The van der Waals surface area contributed by atoms with Crippen molar-refractivity contribution in [1.29, 1.82) is 0 Å². The first kappa shape index (κ1) is 66.5. The van der Waals surface area contributed by atoms with Gasteiger partial charge in [-0.2, -0.15) is 0 Å². The highest BCUT2D eigenvalue weighted by molar-refractivity contribution is 5.99. The lowest BCUT2D eigenvalue weighted by atomic mass is 10.0. The molecule has 4 saturated heterocycles. The summed E-state index contributed by atoms with van der Waals surface area (Å²) < 4.78 is 0. The number of aromatic hydroxyl groups is 2. The molecule has 480 valence electrons. The fourth-order valence-electron chi connectivity index (χ4n) is 12.0. The third kappa shape index (κ3) is 18.1. The van der Waals surface area contributed by atoms with E-state index in [1.165, 1.54) is 43.9 Å². The molecule has 90 heavy (non-hydrogen) atoms. The van der Waals surface area contributed by atoms with E-state index in [0.29, 0.717) is 43.2 Å². The van der Waals surface area contributed by atoms with E-state index in [-0.39, 0.29) is 102 Å². The normalized spacial score (nSPS) is 19.2. The van der Waals surface area contributed by atoms with E-state index in [2.05, 4.69) is 37.2 Å². The van der Waals surface area contributed by atoms with Gasteiger partial charge >= 0.3 is 0 Å². The quantitative estimate of drug-likeness (QED) is 0.0325. The summed E-state index contributed by atoms with van der Waals surface area (Å²) in [5.74, 6) is -6.46. The van der Waals surface area contributed by atoms with Crippen LogP contribution in [0.4, 0.5) is 0 Å². The number of carbonyl (C=O) groups excluding carboxylic acids is 11. The minimum absolute atomic E-state index is 0.0258. The highest BCUT2D eigenvalue weighted by Crippen LogP contribution is 2.26. The molecule has 0 bridgehead atoms. The molecule has 0 saturated carbocycles. The molecule has 4 fully saturated rings. The van der Waals surface area contributed by atoms with Crippen LogP contribution < -0.4 is 48.7 Å². The summed E-state index contributed by atoms with van der Waals surface area (Å²) in [4.78, 5) is 158. The van der Waals surface area contributed by atoms with Crippen molar-refractivity contribution in [3.8, 4) is 11.5 Å². The smallest absolute Gasteiger partial charge is 0.246 e. The molecule has 8 rings (SSSR count). The monoisotopic (exact) mass is 1240 g/mol. The molecule has 0 spiro atoms. The Morgan fingerprint density at radius 1 is 0.400 bits per heavy atom. The van der Waals surface area contributed by atoms with Crippen molar-refractivity contribution < 1.29 is 63.0 Å². The largest absolute Gasteiger partial charge is 0.508 e. The molecule has 0 aliphatic carbocycles. The Kier molecular flexibility index (Phi) is 23.8. The Bertz CT molecular complexity index is 3190. The molecule has 8 atom stereocenters. The molecule has 11 amide bonds. The number of hydrogen-bond acceptors (Lipinski definition) is 15. The Morgan fingerprint density at radius 3 is 1.14 bits per heavy atom. The van der Waals surface area contributed by atoms with Crippen molar-refractivity contribution in [2.24, 2.45) is 11.5 Å². The molecule has 4 aliphatic heterocycles. The van der Waals surface area contributed by atoms with Gasteiger partial charge in [0.15, 0.2) is 0 Å². The zero-order valence-corrected chi connectivity index (χ0v) is 50.2. The minimum Gasteiger partial charge on any atom is -0.508 e. The van der Waals surface area contributed by atoms with Gasteiger partial charge in [-0.25, -0.2) is 0 Å². The molecular formula is C64H81N13O13. The third-order valence-electron chi connectivity index (χ3n) is 16.6. The maximum absolute atomic E-state index is 14.8. The summed E-state index contributed by atoms with van der Waals surface area (Å²) in [6, 6.07) is 21.6. The second kappa shape index (κ2) is 32.2. The van der Waals surface area contributed by atoms with Gasteiger partial charge in [-0.15, -0.1) is 0 Å². The highest BCUT2D eigenvalue weighted by Gasteiger charge is 2.44. The van der Waals surface area contributed by atoms with Crippen LogP contribution in [-0.4, -0.2) is 202 Å². The van der Waals surface area contributed by atoms with Gasteiger partial charge in [-0.3, -0.25) is 52.7 Å². The lowest BCUT2D eigenvalue weighted by Crippen LogP contribution is -2.59. The van der Waals surface area contributed by atoms with Crippen LogP contribution in [0.3, 0.4) is 0 Å². The molecule has 4 aromatic carbocycles. The molecule has 4 heterocycles. The number of amides is 11. The number of rotatable bonds is 27. The van der Waals surface area contributed by atoms with Gasteiger partial charge < -0.3 is 78.5 Å². The Labute approximate surface area is 521 Å². The van der Waals surface area contributed by atoms with Crippen molar-refractivity contribution in [3.63, 3.8) is 0 Å². The molecule has 0 unspecified atom stereocenters. The van der Waals surface area contributed by atoms with Crippen LogP contribution in [0.25, 0.3) is 0 Å². The lowest BCUT2D eigenvalue weighted by Gasteiger charge is -2.32. The average Bonchev–Trinajstić information content (AvgIpc) is 2.60. The van der Waals surface area contributed by atoms with Gasteiger partial charge in [0.25, 0.3) is 0 Å². The van der Waals surface area contributed by atoms with Crippen LogP contribution in [0.15, 0.2) is 109 Å². The first-order valence-electron chi connectivity index (χ1n) is 30.7. The van der Waals surface area contributed by atoms with Crippen LogP contribution >= 0.6 is 0 Å². The van der Waals surface area contributed by atoms with Gasteiger partial charge in [0.1, 0.15) is 53.8 Å². The molecule has 4 aromatic rings. The number of benzene rings is 4. The van der Waals surface area contributed by atoms with E-state index in [9.17, 15) is 63.0 Å². The zero-order valence-electron chi connectivity index (χ0n) is 50.2. The first-order chi connectivity index (χ1) is 43.4. The van der Waals surface area contributed by atoms with E-state index in [0.717, 1.165) is 11.1 Å². The second-order valence-corrected chi connectivity index (χ2v) is 23.1. The summed E-state index contributed by atoms with van der Waals surface area (Å²) in [6.07, 6.45) is 3.01. The summed E-state index contributed by atoms with van der Waals surface area (Å²) >= 11 is 0. The van der Waals surface area contributed by atoms with E-state index in [1.807, 2.05) is 6.07 Å². The molecule has 13 N–H and O–H groups in total. The van der Waals surface area contributed by atoms with Crippen LogP contribution in [0.2, 0.25) is 0 Å². The van der Waals surface area contributed by atoms with Crippen molar-refractivity contribution >= 4 is 65.0 Å². The Morgan fingerprint density at radius 2 is 0.733 bits per heavy atom. The summed E-state index contributed by atoms with van der Waals surface area (Å²) in [5, 5.41) is 38.5. The number of nitrogens with one attached hydrogen (secondary N) is 7.